The lowest BCUT2D eigenvalue weighted by atomic mass is 10.3. The minimum absolute atomic E-state index is 0.177. The minimum atomic E-state index is -2.89. The largest absolute Gasteiger partial charge is 0.325 e. The van der Waals surface area contributed by atoms with Crippen molar-refractivity contribution in [2.75, 3.05) is 17.8 Å². The van der Waals surface area contributed by atoms with E-state index in [4.69, 9.17) is 5.73 Å². The van der Waals surface area contributed by atoms with Crippen LogP contribution in [0.1, 0.15) is 5.69 Å². The second kappa shape index (κ2) is 5.48. The second-order valence-electron chi connectivity index (χ2n) is 3.13. The highest BCUT2D eigenvalue weighted by molar-refractivity contribution is 8.00. The van der Waals surface area contributed by atoms with Crippen molar-refractivity contribution >= 4 is 21.6 Å². The van der Waals surface area contributed by atoms with Crippen molar-refractivity contribution in [2.24, 2.45) is 5.73 Å². The Bertz CT molecular complexity index is 418. The number of aromatic nitrogens is 1. The smallest absolute Gasteiger partial charge is 0.148 e. The monoisotopic (exact) mass is 246 g/mol. The summed E-state index contributed by atoms with van der Waals surface area (Å²) in [6, 6.07) is 3.73. The number of rotatable bonds is 5. The predicted molar refractivity (Wildman–Crippen MR) is 62.6 cm³/mol. The van der Waals surface area contributed by atoms with Gasteiger partial charge in [0.15, 0.2) is 0 Å². The summed E-state index contributed by atoms with van der Waals surface area (Å²) in [5, 5.41) is 0. The molecule has 0 atom stereocenters. The maximum absolute atomic E-state index is 10.9. The zero-order valence-corrected chi connectivity index (χ0v) is 10.1. The van der Waals surface area contributed by atoms with Gasteiger partial charge in [0.2, 0.25) is 0 Å². The molecule has 0 spiro atoms. The molecular formula is C9H14N2O2S2. The summed E-state index contributed by atoms with van der Waals surface area (Å²) >= 11 is 1.48. The Kier molecular flexibility index (Phi) is 4.56. The molecular weight excluding hydrogens is 232 g/mol. The van der Waals surface area contributed by atoms with E-state index in [2.05, 4.69) is 4.98 Å². The van der Waals surface area contributed by atoms with Crippen LogP contribution in [0.4, 0.5) is 0 Å². The van der Waals surface area contributed by atoms with E-state index in [1.165, 1.54) is 18.0 Å². The normalized spacial score (nSPS) is 11.6. The van der Waals surface area contributed by atoms with Crippen molar-refractivity contribution in [3.8, 4) is 0 Å². The maximum Gasteiger partial charge on any atom is 0.148 e. The van der Waals surface area contributed by atoms with Gasteiger partial charge in [0.25, 0.3) is 0 Å². The zero-order chi connectivity index (χ0) is 11.3. The van der Waals surface area contributed by atoms with E-state index in [0.717, 1.165) is 10.6 Å². The standard InChI is InChI=1S/C9H14N2O2S2/c1-15(12,13)6-5-14-9-3-2-4-11-8(9)7-10/h2-4H,5-7,10H2,1H3. The van der Waals surface area contributed by atoms with Crippen molar-refractivity contribution in [2.45, 2.75) is 11.4 Å². The number of thioether (sulfide) groups is 1. The Hall–Kier alpha value is -0.590. The van der Waals surface area contributed by atoms with Crippen LogP contribution in [0.25, 0.3) is 0 Å². The summed E-state index contributed by atoms with van der Waals surface area (Å²) in [6.07, 6.45) is 2.92. The summed E-state index contributed by atoms with van der Waals surface area (Å²) in [5.41, 5.74) is 6.33. The Balaban J connectivity index is 2.58. The van der Waals surface area contributed by atoms with Crippen LogP contribution in [0, 0.1) is 0 Å². The van der Waals surface area contributed by atoms with Crippen LogP contribution in [0.2, 0.25) is 0 Å². The highest BCUT2D eigenvalue weighted by atomic mass is 32.2. The van der Waals surface area contributed by atoms with Crippen molar-refractivity contribution < 1.29 is 8.42 Å². The summed E-state index contributed by atoms with van der Waals surface area (Å²) in [6.45, 7) is 0.377. The average molecular weight is 246 g/mol. The molecule has 0 aliphatic rings. The molecule has 0 saturated carbocycles. The highest BCUT2D eigenvalue weighted by Crippen LogP contribution is 2.20. The van der Waals surface area contributed by atoms with Crippen molar-refractivity contribution in [3.05, 3.63) is 24.0 Å². The number of hydrogen-bond donors (Lipinski definition) is 1. The zero-order valence-electron chi connectivity index (χ0n) is 8.51. The Morgan fingerprint density at radius 1 is 1.53 bits per heavy atom. The molecule has 0 radical (unpaired) electrons. The molecule has 0 bridgehead atoms. The van der Waals surface area contributed by atoms with Gasteiger partial charge in [-0.05, 0) is 12.1 Å². The third-order valence-corrected chi connectivity index (χ3v) is 4.05. The van der Waals surface area contributed by atoms with Gasteiger partial charge in [0.05, 0.1) is 11.4 Å². The van der Waals surface area contributed by atoms with Gasteiger partial charge >= 0.3 is 0 Å². The van der Waals surface area contributed by atoms with Gasteiger partial charge in [-0.2, -0.15) is 0 Å². The van der Waals surface area contributed by atoms with Gasteiger partial charge in [-0.25, -0.2) is 8.42 Å². The lowest BCUT2D eigenvalue weighted by Gasteiger charge is -2.05. The quantitative estimate of drug-likeness (QED) is 0.773. The number of pyridine rings is 1. The molecule has 1 aromatic heterocycles. The van der Waals surface area contributed by atoms with Gasteiger partial charge in [-0.3, -0.25) is 4.98 Å². The van der Waals surface area contributed by atoms with Crippen LogP contribution in [-0.4, -0.2) is 31.2 Å². The lowest BCUT2D eigenvalue weighted by Crippen LogP contribution is -2.06. The first kappa shape index (κ1) is 12.5. The Morgan fingerprint density at radius 3 is 2.87 bits per heavy atom. The Labute approximate surface area is 94.2 Å². The molecule has 0 fully saturated rings. The van der Waals surface area contributed by atoms with Gasteiger partial charge in [0.1, 0.15) is 9.84 Å². The summed E-state index contributed by atoms with van der Waals surface area (Å²) < 4.78 is 21.8. The van der Waals surface area contributed by atoms with Crippen LogP contribution < -0.4 is 5.73 Å². The molecule has 0 amide bonds. The summed E-state index contributed by atoms with van der Waals surface area (Å²) in [7, 11) is -2.89. The molecule has 0 aromatic carbocycles. The van der Waals surface area contributed by atoms with Crippen LogP contribution in [0.3, 0.4) is 0 Å². The third-order valence-electron chi connectivity index (χ3n) is 1.75. The van der Waals surface area contributed by atoms with Crippen LogP contribution >= 0.6 is 11.8 Å². The van der Waals surface area contributed by atoms with E-state index in [0.29, 0.717) is 12.3 Å². The molecule has 4 nitrogen and oxygen atoms in total. The molecule has 2 N–H and O–H groups in total. The molecule has 84 valence electrons. The number of sulfone groups is 1. The second-order valence-corrected chi connectivity index (χ2v) is 6.53. The van der Waals surface area contributed by atoms with Gasteiger partial charge < -0.3 is 5.73 Å². The molecule has 0 aliphatic carbocycles. The van der Waals surface area contributed by atoms with E-state index >= 15 is 0 Å². The minimum Gasteiger partial charge on any atom is -0.325 e. The lowest BCUT2D eigenvalue weighted by molar-refractivity contribution is 0.603. The molecule has 0 aliphatic heterocycles. The molecule has 1 heterocycles. The summed E-state index contributed by atoms with van der Waals surface area (Å²) in [4.78, 5) is 5.08. The third kappa shape index (κ3) is 4.63. The van der Waals surface area contributed by atoms with Crippen molar-refractivity contribution in [1.82, 2.24) is 4.98 Å². The highest BCUT2D eigenvalue weighted by Gasteiger charge is 2.05. The van der Waals surface area contributed by atoms with E-state index in [9.17, 15) is 8.42 Å². The van der Waals surface area contributed by atoms with Gasteiger partial charge in [-0.1, -0.05) is 0 Å². The van der Waals surface area contributed by atoms with Crippen molar-refractivity contribution in [1.29, 1.82) is 0 Å². The van der Waals surface area contributed by atoms with E-state index in [1.54, 1.807) is 6.20 Å². The van der Waals surface area contributed by atoms with Crippen LogP contribution in [0.15, 0.2) is 23.2 Å². The van der Waals surface area contributed by atoms with E-state index < -0.39 is 9.84 Å². The molecule has 15 heavy (non-hydrogen) atoms. The first-order valence-electron chi connectivity index (χ1n) is 4.47. The number of nitrogens with two attached hydrogens (primary N) is 1. The van der Waals surface area contributed by atoms with Crippen molar-refractivity contribution in [3.63, 3.8) is 0 Å². The van der Waals surface area contributed by atoms with Crippen LogP contribution in [-0.2, 0) is 16.4 Å². The Morgan fingerprint density at radius 2 is 2.27 bits per heavy atom. The number of nitrogens with zero attached hydrogens (tertiary/aromatic N) is 1. The van der Waals surface area contributed by atoms with Gasteiger partial charge in [0, 0.05) is 29.6 Å². The molecule has 6 heteroatoms. The molecule has 0 unspecified atom stereocenters. The van der Waals surface area contributed by atoms with Crippen LogP contribution in [0.5, 0.6) is 0 Å². The maximum atomic E-state index is 10.9. The fraction of sp³-hybridized carbons (Fsp3) is 0.444. The SMILES string of the molecule is CS(=O)(=O)CCSc1cccnc1CN. The first-order chi connectivity index (χ1) is 7.03. The first-order valence-corrected chi connectivity index (χ1v) is 7.52. The molecule has 0 saturated heterocycles. The van der Waals surface area contributed by atoms with Gasteiger partial charge in [-0.15, -0.1) is 11.8 Å². The van der Waals surface area contributed by atoms with E-state index in [-0.39, 0.29) is 5.75 Å². The summed E-state index contributed by atoms with van der Waals surface area (Å²) in [5.74, 6) is 0.716. The predicted octanol–water partition coefficient (Wildman–Crippen LogP) is 0.677. The fourth-order valence-electron chi connectivity index (χ4n) is 1.01. The van der Waals surface area contributed by atoms with E-state index in [1.807, 2.05) is 12.1 Å². The average Bonchev–Trinajstić information content (AvgIpc) is 2.16. The topological polar surface area (TPSA) is 73.0 Å². The fourth-order valence-corrected chi connectivity index (χ4v) is 3.25. The number of hydrogen-bond acceptors (Lipinski definition) is 5. The molecule has 1 aromatic rings. The molecule has 1 rings (SSSR count).